The molecule has 136 valence electrons. The van der Waals surface area contributed by atoms with Gasteiger partial charge in [-0.1, -0.05) is 36.4 Å². The van der Waals surface area contributed by atoms with E-state index in [1.54, 1.807) is 0 Å². The maximum atomic E-state index is 12.8. The number of nitrogens with one attached hydrogen (secondary N) is 1. The van der Waals surface area contributed by atoms with Gasteiger partial charge in [0, 0.05) is 12.2 Å². The van der Waals surface area contributed by atoms with Crippen LogP contribution < -0.4 is 5.32 Å². The second kappa shape index (κ2) is 8.05. The average Bonchev–Trinajstić information content (AvgIpc) is 3.20. The minimum Gasteiger partial charge on any atom is -0.326 e. The predicted octanol–water partition coefficient (Wildman–Crippen LogP) is 4.38. The smallest absolute Gasteiger partial charge is 0.231 e. The van der Waals surface area contributed by atoms with E-state index in [1.165, 1.54) is 42.6 Å². The van der Waals surface area contributed by atoms with Crippen LogP contribution in [0.1, 0.15) is 48.3 Å². The van der Waals surface area contributed by atoms with Crippen molar-refractivity contribution in [3.05, 3.63) is 65.2 Å². The monoisotopic (exact) mass is 348 g/mol. The average molecular weight is 348 g/mol. The summed E-state index contributed by atoms with van der Waals surface area (Å²) in [7, 11) is 0. The van der Waals surface area contributed by atoms with Gasteiger partial charge in [-0.15, -0.1) is 0 Å². The molecule has 0 radical (unpaired) electrons. The lowest BCUT2D eigenvalue weighted by Crippen LogP contribution is -2.24. The lowest BCUT2D eigenvalue weighted by atomic mass is 9.82. The Morgan fingerprint density at radius 2 is 1.77 bits per heavy atom. The number of carbonyl (C=O) groups excluding carboxylic acids is 1. The molecule has 0 saturated carbocycles. The number of nitrogens with zero attached hydrogens (tertiary/aromatic N) is 1. The van der Waals surface area contributed by atoms with Crippen LogP contribution in [0.15, 0.2) is 48.5 Å². The van der Waals surface area contributed by atoms with Gasteiger partial charge in [0.1, 0.15) is 0 Å². The van der Waals surface area contributed by atoms with Crippen molar-refractivity contribution in [3.63, 3.8) is 0 Å². The van der Waals surface area contributed by atoms with Gasteiger partial charge in [0.25, 0.3) is 0 Å². The van der Waals surface area contributed by atoms with Gasteiger partial charge in [-0.05, 0) is 80.4 Å². The van der Waals surface area contributed by atoms with Crippen molar-refractivity contribution in [1.82, 2.24) is 4.90 Å². The molecule has 1 heterocycles. The second-order valence-electron chi connectivity index (χ2n) is 7.63. The molecule has 1 unspecified atom stereocenters. The van der Waals surface area contributed by atoms with E-state index in [1.807, 2.05) is 18.2 Å². The van der Waals surface area contributed by atoms with Crippen LogP contribution in [0.5, 0.6) is 0 Å². The number of aryl methyl sites for hydroxylation is 1. The van der Waals surface area contributed by atoms with E-state index < -0.39 is 0 Å². The number of rotatable bonds is 5. The summed E-state index contributed by atoms with van der Waals surface area (Å²) in [6.07, 6.45) is 6.89. The van der Waals surface area contributed by atoms with E-state index in [9.17, 15) is 4.79 Å². The lowest BCUT2D eigenvalue weighted by Gasteiger charge is -2.24. The largest absolute Gasteiger partial charge is 0.326 e. The molecule has 3 heteroatoms. The molecule has 1 amide bonds. The Morgan fingerprint density at radius 1 is 1.00 bits per heavy atom. The van der Waals surface area contributed by atoms with E-state index >= 15 is 0 Å². The van der Waals surface area contributed by atoms with E-state index in [4.69, 9.17) is 0 Å². The number of hydrogen-bond acceptors (Lipinski definition) is 2. The molecule has 26 heavy (non-hydrogen) atoms. The summed E-state index contributed by atoms with van der Waals surface area (Å²) >= 11 is 0. The number of hydrogen-bond donors (Lipinski definition) is 1. The molecule has 1 N–H and O–H groups in total. The van der Waals surface area contributed by atoms with Crippen molar-refractivity contribution in [2.45, 2.75) is 44.4 Å². The van der Waals surface area contributed by atoms with Gasteiger partial charge in [0.2, 0.25) is 5.91 Å². The van der Waals surface area contributed by atoms with Crippen LogP contribution in [0.4, 0.5) is 5.69 Å². The zero-order valence-corrected chi connectivity index (χ0v) is 15.4. The number of amides is 1. The Kier molecular flexibility index (Phi) is 5.35. The highest BCUT2D eigenvalue weighted by molar-refractivity contribution is 5.96. The molecule has 2 aromatic rings. The molecular formula is C23H28N2O. The Hall–Kier alpha value is -2.13. The topological polar surface area (TPSA) is 32.3 Å². The Balaban J connectivity index is 1.36. The fourth-order valence-corrected chi connectivity index (χ4v) is 4.30. The number of benzene rings is 2. The second-order valence-corrected chi connectivity index (χ2v) is 7.63. The van der Waals surface area contributed by atoms with Gasteiger partial charge in [-0.25, -0.2) is 0 Å². The lowest BCUT2D eigenvalue weighted by molar-refractivity contribution is -0.117. The highest BCUT2D eigenvalue weighted by Crippen LogP contribution is 2.32. The Bertz CT molecular complexity index is 747. The highest BCUT2D eigenvalue weighted by Gasteiger charge is 2.26. The summed E-state index contributed by atoms with van der Waals surface area (Å²) < 4.78 is 0. The van der Waals surface area contributed by atoms with Crippen LogP contribution in [0.2, 0.25) is 0 Å². The van der Waals surface area contributed by atoms with Crippen molar-refractivity contribution in [2.75, 3.05) is 25.0 Å². The van der Waals surface area contributed by atoms with E-state index in [-0.39, 0.29) is 11.8 Å². The Morgan fingerprint density at radius 3 is 2.58 bits per heavy atom. The van der Waals surface area contributed by atoms with Crippen molar-refractivity contribution >= 4 is 11.6 Å². The SMILES string of the molecule is O=C(Nc1ccc(CCN2CCCC2)cc1)C1CCCc2ccccc21. The van der Waals surface area contributed by atoms with Crippen molar-refractivity contribution in [3.8, 4) is 0 Å². The first kappa shape index (κ1) is 17.3. The fourth-order valence-electron chi connectivity index (χ4n) is 4.30. The molecule has 1 saturated heterocycles. The minimum atomic E-state index is -0.0187. The molecule has 0 spiro atoms. The van der Waals surface area contributed by atoms with Crippen LogP contribution in [0.25, 0.3) is 0 Å². The van der Waals surface area contributed by atoms with Crippen molar-refractivity contribution in [1.29, 1.82) is 0 Å². The first-order valence-electron chi connectivity index (χ1n) is 9.99. The summed E-state index contributed by atoms with van der Waals surface area (Å²) in [5.74, 6) is 0.108. The quantitative estimate of drug-likeness (QED) is 0.869. The van der Waals surface area contributed by atoms with Crippen LogP contribution in [-0.4, -0.2) is 30.4 Å². The van der Waals surface area contributed by atoms with Crippen LogP contribution in [0.3, 0.4) is 0 Å². The molecule has 4 rings (SSSR count). The van der Waals surface area contributed by atoms with E-state index in [0.717, 1.165) is 37.9 Å². The molecule has 1 aliphatic heterocycles. The van der Waals surface area contributed by atoms with Gasteiger partial charge < -0.3 is 10.2 Å². The summed E-state index contributed by atoms with van der Waals surface area (Å²) in [5.41, 5.74) is 4.79. The predicted molar refractivity (Wildman–Crippen MR) is 107 cm³/mol. The molecule has 0 bridgehead atoms. The normalized spacial score (nSPS) is 19.9. The maximum Gasteiger partial charge on any atom is 0.231 e. The molecule has 1 fully saturated rings. The highest BCUT2D eigenvalue weighted by atomic mass is 16.1. The molecule has 2 aromatic carbocycles. The van der Waals surface area contributed by atoms with Crippen LogP contribution in [0, 0.1) is 0 Å². The third kappa shape index (κ3) is 3.99. The van der Waals surface area contributed by atoms with Crippen molar-refractivity contribution < 1.29 is 4.79 Å². The molecule has 3 nitrogen and oxygen atoms in total. The standard InChI is InChI=1S/C23H28N2O/c26-23(22-9-5-7-19-6-1-2-8-21(19)22)24-20-12-10-18(11-13-20)14-17-25-15-3-4-16-25/h1-2,6,8,10-13,22H,3-5,7,9,14-17H2,(H,24,26). The summed E-state index contributed by atoms with van der Waals surface area (Å²) in [6, 6.07) is 16.8. The van der Waals surface area contributed by atoms with Crippen LogP contribution in [-0.2, 0) is 17.6 Å². The number of fused-ring (bicyclic) bond motifs is 1. The van der Waals surface area contributed by atoms with Gasteiger partial charge in [0.15, 0.2) is 0 Å². The number of carbonyl (C=O) groups is 1. The van der Waals surface area contributed by atoms with Gasteiger partial charge >= 0.3 is 0 Å². The first-order chi connectivity index (χ1) is 12.8. The van der Waals surface area contributed by atoms with E-state index in [2.05, 4.69) is 40.5 Å². The maximum absolute atomic E-state index is 12.8. The molecule has 0 aromatic heterocycles. The van der Waals surface area contributed by atoms with Gasteiger partial charge in [0.05, 0.1) is 5.92 Å². The zero-order valence-electron chi connectivity index (χ0n) is 15.4. The van der Waals surface area contributed by atoms with Gasteiger partial charge in [-0.3, -0.25) is 4.79 Å². The first-order valence-corrected chi connectivity index (χ1v) is 9.99. The minimum absolute atomic E-state index is 0.0187. The molecule has 1 atom stereocenters. The fraction of sp³-hybridized carbons (Fsp3) is 0.435. The van der Waals surface area contributed by atoms with Gasteiger partial charge in [-0.2, -0.15) is 0 Å². The number of likely N-dealkylation sites (tertiary alicyclic amines) is 1. The molecule has 1 aliphatic carbocycles. The summed E-state index contributed by atoms with van der Waals surface area (Å²) in [4.78, 5) is 15.3. The Labute approximate surface area is 156 Å². The molecule has 2 aliphatic rings. The third-order valence-corrected chi connectivity index (χ3v) is 5.82. The summed E-state index contributed by atoms with van der Waals surface area (Å²) in [5, 5.41) is 3.13. The third-order valence-electron chi connectivity index (χ3n) is 5.82. The van der Waals surface area contributed by atoms with E-state index in [0.29, 0.717) is 0 Å². The zero-order chi connectivity index (χ0) is 17.8. The molecular weight excluding hydrogens is 320 g/mol. The summed E-state index contributed by atoms with van der Waals surface area (Å²) in [6.45, 7) is 3.64. The number of anilines is 1. The van der Waals surface area contributed by atoms with Crippen LogP contribution >= 0.6 is 0 Å². The van der Waals surface area contributed by atoms with Crippen molar-refractivity contribution in [2.24, 2.45) is 0 Å².